The largest absolute Gasteiger partial charge is 0.351 e. The number of likely N-dealkylation sites (tertiary alicyclic amines) is 1. The van der Waals surface area contributed by atoms with Crippen LogP contribution in [-0.2, 0) is 9.59 Å². The second kappa shape index (κ2) is 5.14. The summed E-state index contributed by atoms with van der Waals surface area (Å²) in [5.74, 6) is 2.05. The predicted molar refractivity (Wildman–Crippen MR) is 72.4 cm³/mol. The van der Waals surface area contributed by atoms with Crippen LogP contribution in [-0.4, -0.2) is 36.3 Å². The van der Waals surface area contributed by atoms with Gasteiger partial charge in [-0.25, -0.2) is 0 Å². The van der Waals surface area contributed by atoms with E-state index in [0.717, 1.165) is 6.42 Å². The summed E-state index contributed by atoms with van der Waals surface area (Å²) in [7, 11) is 1.82. The van der Waals surface area contributed by atoms with E-state index in [1.165, 1.54) is 32.1 Å². The van der Waals surface area contributed by atoms with E-state index in [-0.39, 0.29) is 23.8 Å². The predicted octanol–water partition coefficient (Wildman–Crippen LogP) is 1.55. The normalized spacial score (nSPS) is 38.4. The number of nitrogens with one attached hydrogen (secondary N) is 1. The summed E-state index contributed by atoms with van der Waals surface area (Å²) in [6, 6.07) is 0.167. The van der Waals surface area contributed by atoms with E-state index in [1.807, 2.05) is 7.05 Å². The van der Waals surface area contributed by atoms with Gasteiger partial charge in [-0.2, -0.15) is 0 Å². The van der Waals surface area contributed by atoms with Crippen LogP contribution in [0.1, 0.15) is 44.9 Å². The molecule has 19 heavy (non-hydrogen) atoms. The molecular formula is C15H24N2O2. The molecule has 1 aliphatic heterocycles. The Hall–Kier alpha value is -1.06. The maximum atomic E-state index is 12.3. The van der Waals surface area contributed by atoms with Crippen molar-refractivity contribution in [1.29, 1.82) is 0 Å². The number of carbonyl (C=O) groups is 2. The molecule has 4 heteroatoms. The molecule has 3 fully saturated rings. The topological polar surface area (TPSA) is 49.4 Å². The molecule has 0 bridgehead atoms. The summed E-state index contributed by atoms with van der Waals surface area (Å²) in [5, 5.41) is 3.18. The highest BCUT2D eigenvalue weighted by Crippen LogP contribution is 2.54. The molecule has 0 aromatic rings. The number of hydrogen-bond acceptors (Lipinski definition) is 2. The van der Waals surface area contributed by atoms with E-state index in [1.54, 1.807) is 4.90 Å². The van der Waals surface area contributed by atoms with Gasteiger partial charge in [0.1, 0.15) is 0 Å². The quantitative estimate of drug-likeness (QED) is 0.822. The molecule has 2 amide bonds. The third-order valence-corrected chi connectivity index (χ3v) is 5.18. The number of piperidine rings is 1. The van der Waals surface area contributed by atoms with Crippen LogP contribution in [0.15, 0.2) is 0 Å². The number of carbonyl (C=O) groups excluding carboxylic acids is 2. The van der Waals surface area contributed by atoms with E-state index >= 15 is 0 Å². The Morgan fingerprint density at radius 3 is 2.47 bits per heavy atom. The highest BCUT2D eigenvalue weighted by Gasteiger charge is 2.54. The van der Waals surface area contributed by atoms with Gasteiger partial charge in [0.25, 0.3) is 0 Å². The van der Waals surface area contributed by atoms with Crippen molar-refractivity contribution in [3.63, 3.8) is 0 Å². The Kier molecular flexibility index (Phi) is 3.50. The minimum atomic E-state index is 0.167. The van der Waals surface area contributed by atoms with Gasteiger partial charge >= 0.3 is 0 Å². The zero-order chi connectivity index (χ0) is 13.4. The lowest BCUT2D eigenvalue weighted by molar-refractivity contribution is -0.134. The van der Waals surface area contributed by atoms with Gasteiger partial charge in [-0.15, -0.1) is 0 Å². The molecule has 1 N–H and O–H groups in total. The standard InChI is InChI=1S/C15H24N2O2/c1-17-9-10(7-8-13(17)18)16-15(19)14-11-5-3-2-4-6-12(11)14/h10-12,14H,2-9H2,1H3,(H,16,19)/t10?,11-,12+,14?. The molecule has 2 saturated carbocycles. The summed E-state index contributed by atoms with van der Waals surface area (Å²) in [6.45, 7) is 0.673. The van der Waals surface area contributed by atoms with Crippen molar-refractivity contribution in [2.24, 2.45) is 17.8 Å². The van der Waals surface area contributed by atoms with Crippen molar-refractivity contribution >= 4 is 11.8 Å². The average molecular weight is 264 g/mol. The maximum Gasteiger partial charge on any atom is 0.223 e. The first-order chi connectivity index (χ1) is 9.16. The first kappa shape index (κ1) is 12.9. The van der Waals surface area contributed by atoms with Crippen LogP contribution >= 0.6 is 0 Å². The van der Waals surface area contributed by atoms with Gasteiger partial charge in [0.15, 0.2) is 0 Å². The fraction of sp³-hybridized carbons (Fsp3) is 0.867. The van der Waals surface area contributed by atoms with Crippen molar-refractivity contribution in [2.75, 3.05) is 13.6 Å². The second-order valence-corrected chi connectivity index (χ2v) is 6.51. The number of fused-ring (bicyclic) bond motifs is 1. The monoisotopic (exact) mass is 264 g/mol. The van der Waals surface area contributed by atoms with Crippen molar-refractivity contribution in [3.8, 4) is 0 Å². The van der Waals surface area contributed by atoms with E-state index in [9.17, 15) is 9.59 Å². The fourth-order valence-electron chi connectivity index (χ4n) is 3.99. The van der Waals surface area contributed by atoms with Crippen LogP contribution in [0.25, 0.3) is 0 Å². The fourth-order valence-corrected chi connectivity index (χ4v) is 3.99. The lowest BCUT2D eigenvalue weighted by Crippen LogP contribution is -2.49. The summed E-state index contributed by atoms with van der Waals surface area (Å²) in [5.41, 5.74) is 0. The number of rotatable bonds is 2. The Bertz CT molecular complexity index is 370. The Morgan fingerprint density at radius 2 is 1.84 bits per heavy atom. The van der Waals surface area contributed by atoms with Crippen molar-refractivity contribution < 1.29 is 9.59 Å². The Morgan fingerprint density at radius 1 is 1.16 bits per heavy atom. The molecule has 0 aromatic carbocycles. The molecule has 0 aromatic heterocycles. The first-order valence-corrected chi connectivity index (χ1v) is 7.71. The van der Waals surface area contributed by atoms with Crippen LogP contribution in [0.5, 0.6) is 0 Å². The zero-order valence-electron chi connectivity index (χ0n) is 11.7. The van der Waals surface area contributed by atoms with Crippen molar-refractivity contribution in [1.82, 2.24) is 10.2 Å². The Balaban J connectivity index is 1.51. The maximum absolute atomic E-state index is 12.3. The number of amides is 2. The molecule has 1 heterocycles. The molecule has 1 saturated heterocycles. The summed E-state index contributed by atoms with van der Waals surface area (Å²) in [4.78, 5) is 25.5. The minimum absolute atomic E-state index is 0.167. The number of likely N-dealkylation sites (N-methyl/N-ethyl adjacent to an activating group) is 1. The molecule has 2 aliphatic carbocycles. The van der Waals surface area contributed by atoms with Crippen LogP contribution in [0, 0.1) is 17.8 Å². The third kappa shape index (κ3) is 2.63. The SMILES string of the molecule is CN1CC(NC(=O)C2[C@H]3CCCCC[C@@H]23)CCC1=O. The number of nitrogens with zero attached hydrogens (tertiary/aromatic N) is 1. The summed E-state index contributed by atoms with van der Waals surface area (Å²) < 4.78 is 0. The number of hydrogen-bond donors (Lipinski definition) is 1. The molecule has 4 nitrogen and oxygen atoms in total. The molecule has 4 atom stereocenters. The van der Waals surface area contributed by atoms with Crippen molar-refractivity contribution in [3.05, 3.63) is 0 Å². The van der Waals surface area contributed by atoms with Crippen LogP contribution in [0.3, 0.4) is 0 Å². The van der Waals surface area contributed by atoms with Gasteiger partial charge in [0, 0.05) is 32.0 Å². The third-order valence-electron chi connectivity index (χ3n) is 5.18. The molecule has 2 unspecified atom stereocenters. The van der Waals surface area contributed by atoms with Crippen LogP contribution in [0.4, 0.5) is 0 Å². The van der Waals surface area contributed by atoms with E-state index in [4.69, 9.17) is 0 Å². The molecule has 3 aliphatic rings. The van der Waals surface area contributed by atoms with Gasteiger partial charge < -0.3 is 10.2 Å². The minimum Gasteiger partial charge on any atom is -0.351 e. The Labute approximate surface area is 114 Å². The van der Waals surface area contributed by atoms with E-state index < -0.39 is 0 Å². The van der Waals surface area contributed by atoms with E-state index in [0.29, 0.717) is 24.8 Å². The molecular weight excluding hydrogens is 240 g/mol. The lowest BCUT2D eigenvalue weighted by atomic mass is 10.0. The van der Waals surface area contributed by atoms with Crippen LogP contribution in [0.2, 0.25) is 0 Å². The van der Waals surface area contributed by atoms with Gasteiger partial charge in [0.05, 0.1) is 0 Å². The van der Waals surface area contributed by atoms with Crippen molar-refractivity contribution in [2.45, 2.75) is 51.0 Å². The van der Waals surface area contributed by atoms with Gasteiger partial charge in [-0.1, -0.05) is 19.3 Å². The summed E-state index contributed by atoms with van der Waals surface area (Å²) >= 11 is 0. The zero-order valence-corrected chi connectivity index (χ0v) is 11.7. The first-order valence-electron chi connectivity index (χ1n) is 7.71. The van der Waals surface area contributed by atoms with Gasteiger partial charge in [-0.3, -0.25) is 9.59 Å². The smallest absolute Gasteiger partial charge is 0.223 e. The molecule has 3 rings (SSSR count). The summed E-state index contributed by atoms with van der Waals surface area (Å²) in [6.07, 6.45) is 7.79. The molecule has 0 radical (unpaired) electrons. The van der Waals surface area contributed by atoms with Crippen LogP contribution < -0.4 is 5.32 Å². The average Bonchev–Trinajstić information content (AvgIpc) is 3.08. The lowest BCUT2D eigenvalue weighted by Gasteiger charge is -2.30. The highest BCUT2D eigenvalue weighted by atomic mass is 16.2. The molecule has 106 valence electrons. The van der Waals surface area contributed by atoms with E-state index in [2.05, 4.69) is 5.32 Å². The highest BCUT2D eigenvalue weighted by molar-refractivity contribution is 5.83. The van der Waals surface area contributed by atoms with Gasteiger partial charge in [-0.05, 0) is 31.1 Å². The molecule has 0 spiro atoms. The second-order valence-electron chi connectivity index (χ2n) is 6.51. The van der Waals surface area contributed by atoms with Gasteiger partial charge in [0.2, 0.25) is 11.8 Å².